The van der Waals surface area contributed by atoms with Crippen LogP contribution in [-0.4, -0.2) is 30.1 Å². The predicted molar refractivity (Wildman–Crippen MR) is 102 cm³/mol. The topological polar surface area (TPSA) is 72.8 Å². The van der Waals surface area contributed by atoms with Crippen LogP contribution in [0.25, 0.3) is 0 Å². The summed E-state index contributed by atoms with van der Waals surface area (Å²) in [5.41, 5.74) is 0.927. The van der Waals surface area contributed by atoms with Gasteiger partial charge in [0, 0.05) is 19.8 Å². The Hall–Kier alpha value is -2.04. The van der Waals surface area contributed by atoms with E-state index in [0.29, 0.717) is 18.6 Å². The smallest absolute Gasteiger partial charge is 0.302 e. The second-order valence-electron chi connectivity index (χ2n) is 6.68. The normalized spacial score (nSPS) is 11.8. The van der Waals surface area contributed by atoms with Gasteiger partial charge in [0.15, 0.2) is 11.5 Å². The van der Waals surface area contributed by atoms with Gasteiger partial charge in [-0.1, -0.05) is 38.7 Å². The fourth-order valence-corrected chi connectivity index (χ4v) is 2.93. The number of carbonyl (C=O) groups excluding carboxylic acids is 2. The van der Waals surface area contributed by atoms with Crippen molar-refractivity contribution in [1.29, 1.82) is 0 Å². The van der Waals surface area contributed by atoms with Gasteiger partial charge in [0.05, 0.1) is 7.11 Å². The molecule has 1 N–H and O–H groups in total. The maximum Gasteiger partial charge on any atom is 0.302 e. The molecule has 0 aromatic heterocycles. The summed E-state index contributed by atoms with van der Waals surface area (Å²) in [6.45, 7) is 3.56. The molecule has 0 saturated heterocycles. The lowest BCUT2D eigenvalue weighted by molar-refractivity contribution is -0.148. The van der Waals surface area contributed by atoms with Crippen LogP contribution in [0.4, 0.5) is 0 Å². The van der Waals surface area contributed by atoms with Crippen molar-refractivity contribution < 1.29 is 24.2 Å². The number of esters is 1. The third-order valence-corrected chi connectivity index (χ3v) is 4.35. The van der Waals surface area contributed by atoms with E-state index in [1.807, 2.05) is 0 Å². The molecule has 146 valence electrons. The zero-order valence-electron chi connectivity index (χ0n) is 16.3. The fourth-order valence-electron chi connectivity index (χ4n) is 2.93. The van der Waals surface area contributed by atoms with E-state index in [4.69, 9.17) is 9.47 Å². The largest absolute Gasteiger partial charge is 0.504 e. The molecule has 5 nitrogen and oxygen atoms in total. The number of ketones is 1. The molecule has 5 heteroatoms. The number of carbonyl (C=O) groups is 2. The Labute approximate surface area is 156 Å². The van der Waals surface area contributed by atoms with Crippen LogP contribution in [0.2, 0.25) is 0 Å². The molecule has 0 aliphatic carbocycles. The zero-order valence-corrected chi connectivity index (χ0v) is 16.3. The summed E-state index contributed by atoms with van der Waals surface area (Å²) in [7, 11) is 1.49. The number of Topliss-reactive ketones (excluding diaryl/α,β-unsaturated/α-hetero) is 1. The Morgan fingerprint density at radius 1 is 1.15 bits per heavy atom. The summed E-state index contributed by atoms with van der Waals surface area (Å²) in [5, 5.41) is 9.61. The van der Waals surface area contributed by atoms with Crippen LogP contribution in [0.1, 0.15) is 70.8 Å². The van der Waals surface area contributed by atoms with Gasteiger partial charge in [0.2, 0.25) is 0 Å². The van der Waals surface area contributed by atoms with Crippen LogP contribution in [-0.2, 0) is 20.7 Å². The number of aromatic hydroxyl groups is 1. The van der Waals surface area contributed by atoms with Crippen molar-refractivity contribution in [1.82, 2.24) is 0 Å². The van der Waals surface area contributed by atoms with E-state index in [-0.39, 0.29) is 30.0 Å². The highest BCUT2D eigenvalue weighted by molar-refractivity contribution is 5.79. The maximum atomic E-state index is 12.3. The first-order valence-corrected chi connectivity index (χ1v) is 9.51. The van der Waals surface area contributed by atoms with Gasteiger partial charge in [-0.2, -0.15) is 0 Å². The van der Waals surface area contributed by atoms with Crippen molar-refractivity contribution in [3.63, 3.8) is 0 Å². The van der Waals surface area contributed by atoms with Crippen molar-refractivity contribution in [2.75, 3.05) is 7.11 Å². The van der Waals surface area contributed by atoms with E-state index in [0.717, 1.165) is 24.8 Å². The lowest BCUT2D eigenvalue weighted by Gasteiger charge is -2.16. The molecule has 0 radical (unpaired) electrons. The molecule has 0 aliphatic rings. The number of benzene rings is 1. The average Bonchev–Trinajstić information content (AvgIpc) is 2.60. The molecule has 1 aromatic carbocycles. The first kappa shape index (κ1) is 22.0. The number of unbranched alkanes of at least 4 members (excludes halogenated alkanes) is 4. The number of hydrogen-bond acceptors (Lipinski definition) is 5. The van der Waals surface area contributed by atoms with Gasteiger partial charge in [-0.05, 0) is 37.0 Å². The summed E-state index contributed by atoms with van der Waals surface area (Å²) in [5.74, 6) is 0.233. The van der Waals surface area contributed by atoms with Crippen LogP contribution in [0, 0.1) is 0 Å². The third kappa shape index (κ3) is 8.88. The first-order chi connectivity index (χ1) is 12.5. The average molecular weight is 364 g/mol. The van der Waals surface area contributed by atoms with E-state index in [1.165, 1.54) is 33.3 Å². The van der Waals surface area contributed by atoms with Gasteiger partial charge < -0.3 is 14.6 Å². The second-order valence-corrected chi connectivity index (χ2v) is 6.68. The molecule has 1 atom stereocenters. The molecule has 0 amide bonds. The first-order valence-electron chi connectivity index (χ1n) is 9.51. The number of hydrogen-bond donors (Lipinski definition) is 1. The molecule has 0 heterocycles. The molecule has 1 rings (SSSR count). The highest BCUT2D eigenvalue weighted by atomic mass is 16.5. The molecular formula is C21H32O5. The summed E-state index contributed by atoms with van der Waals surface area (Å²) in [6, 6.07) is 5.08. The van der Waals surface area contributed by atoms with Gasteiger partial charge in [-0.15, -0.1) is 0 Å². The molecule has 0 fully saturated rings. The van der Waals surface area contributed by atoms with Gasteiger partial charge in [0.1, 0.15) is 11.9 Å². The van der Waals surface area contributed by atoms with E-state index in [9.17, 15) is 14.7 Å². The van der Waals surface area contributed by atoms with Crippen LogP contribution >= 0.6 is 0 Å². The Morgan fingerprint density at radius 2 is 1.88 bits per heavy atom. The number of rotatable bonds is 13. The van der Waals surface area contributed by atoms with E-state index >= 15 is 0 Å². The molecular weight excluding hydrogens is 332 g/mol. The van der Waals surface area contributed by atoms with Crippen LogP contribution in [0.15, 0.2) is 18.2 Å². The number of methoxy groups -OCH3 is 1. The monoisotopic (exact) mass is 364 g/mol. The van der Waals surface area contributed by atoms with Gasteiger partial charge in [-0.3, -0.25) is 9.59 Å². The number of phenols is 1. The summed E-state index contributed by atoms with van der Waals surface area (Å²) in [6.07, 6.45) is 7.29. The number of aryl methyl sites for hydroxylation is 1. The lowest BCUT2D eigenvalue weighted by atomic mass is 10.0. The second kappa shape index (κ2) is 12.3. The maximum absolute atomic E-state index is 12.3. The molecule has 0 bridgehead atoms. The third-order valence-electron chi connectivity index (χ3n) is 4.35. The lowest BCUT2D eigenvalue weighted by Crippen LogP contribution is -2.20. The van der Waals surface area contributed by atoms with Crippen molar-refractivity contribution in [3.05, 3.63) is 23.8 Å². The fraction of sp³-hybridized carbons (Fsp3) is 0.619. The van der Waals surface area contributed by atoms with Gasteiger partial charge in [-0.25, -0.2) is 0 Å². The van der Waals surface area contributed by atoms with Crippen molar-refractivity contribution >= 4 is 11.8 Å². The minimum absolute atomic E-state index is 0.0804. The summed E-state index contributed by atoms with van der Waals surface area (Å²) < 4.78 is 10.4. The van der Waals surface area contributed by atoms with Crippen molar-refractivity contribution in [2.45, 2.75) is 77.7 Å². The zero-order chi connectivity index (χ0) is 19.4. The van der Waals surface area contributed by atoms with Crippen LogP contribution in [0.3, 0.4) is 0 Å². The van der Waals surface area contributed by atoms with Crippen LogP contribution in [0.5, 0.6) is 11.5 Å². The van der Waals surface area contributed by atoms with Crippen molar-refractivity contribution in [2.24, 2.45) is 0 Å². The van der Waals surface area contributed by atoms with Gasteiger partial charge in [0.25, 0.3) is 0 Å². The minimum Gasteiger partial charge on any atom is -0.504 e. The summed E-state index contributed by atoms with van der Waals surface area (Å²) in [4.78, 5) is 23.6. The van der Waals surface area contributed by atoms with Gasteiger partial charge >= 0.3 is 5.97 Å². The molecule has 0 aliphatic heterocycles. The SMILES string of the molecule is CCCCCCC[C@@H](CC(=O)CCc1ccc(O)c(OC)c1)OC(C)=O. The Balaban J connectivity index is 2.45. The Bertz CT molecular complexity index is 568. The molecule has 26 heavy (non-hydrogen) atoms. The highest BCUT2D eigenvalue weighted by Crippen LogP contribution is 2.27. The predicted octanol–water partition coefficient (Wildman–Crippen LogP) is 4.58. The van der Waals surface area contributed by atoms with E-state index in [2.05, 4.69) is 6.92 Å². The van der Waals surface area contributed by atoms with E-state index in [1.54, 1.807) is 18.2 Å². The van der Waals surface area contributed by atoms with E-state index < -0.39 is 0 Å². The molecule has 0 saturated carbocycles. The molecule has 0 spiro atoms. The Kier molecular flexibility index (Phi) is 10.4. The number of phenolic OH excluding ortho intramolecular Hbond substituents is 1. The summed E-state index contributed by atoms with van der Waals surface area (Å²) >= 11 is 0. The highest BCUT2D eigenvalue weighted by Gasteiger charge is 2.17. The standard InChI is InChI=1S/C21H32O5/c1-4-5-6-7-8-9-19(26-16(2)22)15-18(23)12-10-17-11-13-20(24)21(14-17)25-3/h11,13-14,19,24H,4-10,12,15H2,1-3H3/t19-/m0/s1. The van der Waals surface area contributed by atoms with Crippen LogP contribution < -0.4 is 4.74 Å². The quantitative estimate of drug-likeness (QED) is 0.409. The minimum atomic E-state index is -0.334. The Morgan fingerprint density at radius 3 is 2.54 bits per heavy atom. The molecule has 0 unspecified atom stereocenters. The molecule has 1 aromatic rings. The van der Waals surface area contributed by atoms with Crippen molar-refractivity contribution in [3.8, 4) is 11.5 Å². The number of ether oxygens (including phenoxy) is 2.